The van der Waals surface area contributed by atoms with Gasteiger partial charge in [0.2, 0.25) is 0 Å². The van der Waals surface area contributed by atoms with Crippen LogP contribution < -0.4 is 9.47 Å². The van der Waals surface area contributed by atoms with E-state index in [2.05, 4.69) is 11.9 Å². The maximum Gasteiger partial charge on any atom is 0.161 e. The second-order valence-corrected chi connectivity index (χ2v) is 5.86. The van der Waals surface area contributed by atoms with E-state index in [0.29, 0.717) is 13.2 Å². The van der Waals surface area contributed by atoms with Gasteiger partial charge >= 0.3 is 0 Å². The summed E-state index contributed by atoms with van der Waals surface area (Å²) in [6.07, 6.45) is 0. The van der Waals surface area contributed by atoms with Crippen LogP contribution in [0.15, 0.2) is 18.2 Å². The summed E-state index contributed by atoms with van der Waals surface area (Å²) in [5.41, 5.74) is 2.12. The molecule has 0 unspecified atom stereocenters. The summed E-state index contributed by atoms with van der Waals surface area (Å²) in [5, 5.41) is 0. The Kier molecular flexibility index (Phi) is 4.61. The third-order valence-electron chi connectivity index (χ3n) is 2.66. The fourth-order valence-electron chi connectivity index (χ4n) is 1.89. The van der Waals surface area contributed by atoms with Gasteiger partial charge in [-0.3, -0.25) is 0 Å². The summed E-state index contributed by atoms with van der Waals surface area (Å²) in [7, 11) is 0. The van der Waals surface area contributed by atoms with Crippen LogP contribution in [0.5, 0.6) is 11.5 Å². The number of nitrogens with one attached hydrogen (secondary N) is 1. The largest absolute Gasteiger partial charge is 0.490 e. The topological polar surface area (TPSA) is 34.2 Å². The maximum absolute atomic E-state index is 5.64. The molecule has 2 aromatic rings. The van der Waals surface area contributed by atoms with Crippen molar-refractivity contribution in [1.29, 1.82) is 0 Å². The molecule has 0 bridgehead atoms. The van der Waals surface area contributed by atoms with Gasteiger partial charge in [-0.1, -0.05) is 0 Å². The Balaban J connectivity index is 2.45. The first kappa shape index (κ1) is 14.1. The van der Waals surface area contributed by atoms with Gasteiger partial charge in [-0.05, 0) is 51.2 Å². The standard InChI is InChI=1S/C14H17NO2S2/c1-4-16-11-7-6-10(8-12(11)17-5-2)13-9(3)19-14(18)15-13/h6-8H,4-5H2,1-3H3,(H,15,18). The van der Waals surface area contributed by atoms with Crippen molar-refractivity contribution in [2.24, 2.45) is 0 Å². The van der Waals surface area contributed by atoms with Crippen molar-refractivity contribution in [3.8, 4) is 22.8 Å². The Morgan fingerprint density at radius 2 is 1.84 bits per heavy atom. The number of thiazole rings is 1. The Bertz CT molecular complexity index is 616. The summed E-state index contributed by atoms with van der Waals surface area (Å²) in [5.74, 6) is 1.55. The van der Waals surface area contributed by atoms with E-state index in [9.17, 15) is 0 Å². The molecule has 1 heterocycles. The van der Waals surface area contributed by atoms with Gasteiger partial charge in [0, 0.05) is 10.4 Å². The van der Waals surface area contributed by atoms with Crippen molar-refractivity contribution < 1.29 is 9.47 Å². The molecule has 3 nitrogen and oxygen atoms in total. The van der Waals surface area contributed by atoms with Crippen LogP contribution >= 0.6 is 23.6 Å². The summed E-state index contributed by atoms with van der Waals surface area (Å²) in [6.45, 7) is 7.22. The molecule has 2 rings (SSSR count). The van der Waals surface area contributed by atoms with Crippen LogP contribution in [-0.4, -0.2) is 18.2 Å². The van der Waals surface area contributed by atoms with Crippen molar-refractivity contribution in [1.82, 2.24) is 4.98 Å². The lowest BCUT2D eigenvalue weighted by Crippen LogP contribution is -1.98. The van der Waals surface area contributed by atoms with E-state index in [1.165, 1.54) is 4.88 Å². The quantitative estimate of drug-likeness (QED) is 0.820. The highest BCUT2D eigenvalue weighted by molar-refractivity contribution is 7.73. The minimum absolute atomic E-state index is 0.613. The molecule has 5 heteroatoms. The third kappa shape index (κ3) is 3.16. The van der Waals surface area contributed by atoms with Gasteiger partial charge in [-0.15, -0.1) is 11.3 Å². The van der Waals surface area contributed by atoms with E-state index in [1.807, 2.05) is 32.0 Å². The predicted molar refractivity (Wildman–Crippen MR) is 82.0 cm³/mol. The van der Waals surface area contributed by atoms with Crippen LogP contribution in [0.25, 0.3) is 11.3 Å². The zero-order valence-corrected chi connectivity index (χ0v) is 12.9. The molecule has 0 amide bonds. The fraction of sp³-hybridized carbons (Fsp3) is 0.357. The first-order chi connectivity index (χ1) is 9.15. The van der Waals surface area contributed by atoms with Crippen molar-refractivity contribution in [3.63, 3.8) is 0 Å². The molecule has 19 heavy (non-hydrogen) atoms. The molecule has 1 N–H and O–H groups in total. The molecule has 0 aliphatic carbocycles. The molecule has 0 radical (unpaired) electrons. The number of ether oxygens (including phenoxy) is 2. The van der Waals surface area contributed by atoms with Gasteiger partial charge in [0.15, 0.2) is 15.5 Å². The van der Waals surface area contributed by atoms with E-state index >= 15 is 0 Å². The average Bonchev–Trinajstić information content (AvgIpc) is 2.71. The lowest BCUT2D eigenvalue weighted by atomic mass is 10.1. The monoisotopic (exact) mass is 295 g/mol. The number of hydrogen-bond donors (Lipinski definition) is 1. The Morgan fingerprint density at radius 1 is 1.16 bits per heavy atom. The number of aryl methyl sites for hydroxylation is 1. The van der Waals surface area contributed by atoms with E-state index in [4.69, 9.17) is 21.7 Å². The first-order valence-electron chi connectivity index (χ1n) is 6.25. The maximum atomic E-state index is 5.64. The SMILES string of the molecule is CCOc1ccc(-c2[nH]c(=S)sc2C)cc1OCC. The second kappa shape index (κ2) is 6.21. The molecular formula is C14H17NO2S2. The minimum atomic E-state index is 0.613. The van der Waals surface area contributed by atoms with Crippen LogP contribution in [0.3, 0.4) is 0 Å². The summed E-state index contributed by atoms with van der Waals surface area (Å²) < 4.78 is 12.0. The molecule has 0 saturated carbocycles. The van der Waals surface area contributed by atoms with Crippen molar-refractivity contribution in [3.05, 3.63) is 27.0 Å². The van der Waals surface area contributed by atoms with Crippen LogP contribution in [0.1, 0.15) is 18.7 Å². The number of benzene rings is 1. The van der Waals surface area contributed by atoms with Crippen molar-refractivity contribution in [2.75, 3.05) is 13.2 Å². The number of aromatic nitrogens is 1. The Hall–Kier alpha value is -1.33. The van der Waals surface area contributed by atoms with Crippen LogP contribution in [0, 0.1) is 10.9 Å². The highest BCUT2D eigenvalue weighted by Crippen LogP contribution is 2.34. The summed E-state index contributed by atoms with van der Waals surface area (Å²) in [4.78, 5) is 4.40. The number of hydrogen-bond acceptors (Lipinski definition) is 4. The molecule has 0 aliphatic heterocycles. The average molecular weight is 295 g/mol. The van der Waals surface area contributed by atoms with Crippen LogP contribution in [0.4, 0.5) is 0 Å². The van der Waals surface area contributed by atoms with Gasteiger partial charge in [-0.25, -0.2) is 0 Å². The van der Waals surface area contributed by atoms with Crippen molar-refractivity contribution in [2.45, 2.75) is 20.8 Å². The van der Waals surface area contributed by atoms with Gasteiger partial charge in [0.05, 0.1) is 18.9 Å². The molecule has 0 saturated heterocycles. The number of rotatable bonds is 5. The number of aromatic amines is 1. The fourth-order valence-corrected chi connectivity index (χ4v) is 3.07. The lowest BCUT2D eigenvalue weighted by Gasteiger charge is -2.12. The molecule has 1 aromatic heterocycles. The lowest BCUT2D eigenvalue weighted by molar-refractivity contribution is 0.288. The van der Waals surface area contributed by atoms with E-state index in [0.717, 1.165) is 26.7 Å². The highest BCUT2D eigenvalue weighted by Gasteiger charge is 2.10. The smallest absolute Gasteiger partial charge is 0.161 e. The molecular weight excluding hydrogens is 278 g/mol. The second-order valence-electron chi connectivity index (χ2n) is 3.97. The van der Waals surface area contributed by atoms with E-state index < -0.39 is 0 Å². The third-order valence-corrected chi connectivity index (χ3v) is 3.81. The summed E-state index contributed by atoms with van der Waals surface area (Å²) in [6, 6.07) is 5.96. The molecule has 0 aliphatic rings. The highest BCUT2D eigenvalue weighted by atomic mass is 32.1. The number of H-pyrrole nitrogens is 1. The molecule has 0 spiro atoms. The molecule has 0 fully saturated rings. The Labute approximate surface area is 122 Å². The van der Waals surface area contributed by atoms with E-state index in [-0.39, 0.29) is 0 Å². The minimum Gasteiger partial charge on any atom is -0.490 e. The van der Waals surface area contributed by atoms with Gasteiger partial charge in [-0.2, -0.15) is 0 Å². The first-order valence-corrected chi connectivity index (χ1v) is 7.47. The van der Waals surface area contributed by atoms with Gasteiger partial charge in [0.1, 0.15) is 0 Å². The normalized spacial score (nSPS) is 10.5. The predicted octanol–water partition coefficient (Wildman–Crippen LogP) is 4.58. The Morgan fingerprint density at radius 3 is 2.42 bits per heavy atom. The van der Waals surface area contributed by atoms with Crippen molar-refractivity contribution >= 4 is 23.6 Å². The summed E-state index contributed by atoms with van der Waals surface area (Å²) >= 11 is 6.76. The van der Waals surface area contributed by atoms with E-state index in [1.54, 1.807) is 11.3 Å². The van der Waals surface area contributed by atoms with Gasteiger partial charge in [0.25, 0.3) is 0 Å². The van der Waals surface area contributed by atoms with Crippen LogP contribution in [-0.2, 0) is 0 Å². The molecule has 1 aromatic carbocycles. The zero-order chi connectivity index (χ0) is 13.8. The van der Waals surface area contributed by atoms with Gasteiger partial charge < -0.3 is 14.5 Å². The molecule has 102 valence electrons. The zero-order valence-electron chi connectivity index (χ0n) is 11.3. The molecule has 0 atom stereocenters. The van der Waals surface area contributed by atoms with Crippen LogP contribution in [0.2, 0.25) is 0 Å².